The van der Waals surface area contributed by atoms with Gasteiger partial charge in [0.1, 0.15) is 12.4 Å². The van der Waals surface area contributed by atoms with Crippen molar-refractivity contribution < 1.29 is 23.1 Å². The summed E-state index contributed by atoms with van der Waals surface area (Å²) in [7, 11) is -4.03. The van der Waals surface area contributed by atoms with Crippen molar-refractivity contribution in [3.8, 4) is 5.75 Å². The molecule has 1 saturated carbocycles. The number of anilines is 1. The summed E-state index contributed by atoms with van der Waals surface area (Å²) in [6, 6.07) is 11.0. The summed E-state index contributed by atoms with van der Waals surface area (Å²) in [6.07, 6.45) is 10.4. The van der Waals surface area contributed by atoms with E-state index in [2.05, 4.69) is 14.6 Å². The molecule has 8 nitrogen and oxygen atoms in total. The summed E-state index contributed by atoms with van der Waals surface area (Å²) in [6.45, 7) is 1.80. The molecular formula is C33H38ClN3O5S2. The summed E-state index contributed by atoms with van der Waals surface area (Å²) < 4.78 is 35.9. The molecule has 1 aromatic heterocycles. The number of benzene rings is 2. The van der Waals surface area contributed by atoms with Crippen LogP contribution in [0.1, 0.15) is 65.0 Å². The maximum absolute atomic E-state index is 13.6. The first kappa shape index (κ1) is 31.1. The van der Waals surface area contributed by atoms with Gasteiger partial charge in [0.25, 0.3) is 5.91 Å². The minimum absolute atomic E-state index is 0.120. The van der Waals surface area contributed by atoms with Crippen LogP contribution >= 0.6 is 22.9 Å². The van der Waals surface area contributed by atoms with Crippen LogP contribution in [0.25, 0.3) is 0 Å². The Balaban J connectivity index is 1.36. The van der Waals surface area contributed by atoms with Crippen LogP contribution in [0.3, 0.4) is 0 Å². The minimum Gasteiger partial charge on any atom is -0.487 e. The monoisotopic (exact) mass is 655 g/mol. The quantitative estimate of drug-likeness (QED) is 0.330. The van der Waals surface area contributed by atoms with Crippen molar-refractivity contribution in [3.63, 3.8) is 0 Å². The molecule has 0 saturated heterocycles. The second-order valence-electron chi connectivity index (χ2n) is 12.0. The van der Waals surface area contributed by atoms with E-state index < -0.39 is 27.3 Å². The molecule has 0 unspecified atom stereocenters. The number of rotatable bonds is 2. The zero-order valence-corrected chi connectivity index (χ0v) is 26.9. The highest BCUT2D eigenvalue weighted by Crippen LogP contribution is 2.41. The number of nitrogens with one attached hydrogen (secondary N) is 1. The van der Waals surface area contributed by atoms with Crippen LogP contribution < -0.4 is 14.4 Å². The van der Waals surface area contributed by atoms with Crippen molar-refractivity contribution in [2.24, 2.45) is 11.8 Å². The number of aromatic nitrogens is 1. The Hall–Kier alpha value is -2.92. The number of ether oxygens (including phenoxy) is 1. The van der Waals surface area contributed by atoms with Gasteiger partial charge in [-0.3, -0.25) is 4.79 Å². The lowest BCUT2D eigenvalue weighted by molar-refractivity contribution is 0.0461. The topological polar surface area (TPSA) is 109 Å². The van der Waals surface area contributed by atoms with Crippen LogP contribution in [0, 0.1) is 11.8 Å². The summed E-state index contributed by atoms with van der Waals surface area (Å²) >= 11 is 7.71. The fourth-order valence-electron chi connectivity index (χ4n) is 6.48. The van der Waals surface area contributed by atoms with Gasteiger partial charge in [-0.15, -0.1) is 11.3 Å². The van der Waals surface area contributed by atoms with Gasteiger partial charge in [0.15, 0.2) is 0 Å². The van der Waals surface area contributed by atoms with Gasteiger partial charge in [0.05, 0.1) is 22.0 Å². The van der Waals surface area contributed by atoms with E-state index in [1.165, 1.54) is 16.9 Å². The van der Waals surface area contributed by atoms with Gasteiger partial charge in [-0.05, 0) is 98.2 Å². The number of hydrogen-bond donors (Lipinski definition) is 2. The van der Waals surface area contributed by atoms with Crippen molar-refractivity contribution in [1.82, 2.24) is 9.71 Å². The zero-order valence-electron chi connectivity index (χ0n) is 24.5. The molecule has 44 heavy (non-hydrogen) atoms. The van der Waals surface area contributed by atoms with Gasteiger partial charge in [-0.2, -0.15) is 0 Å². The van der Waals surface area contributed by atoms with E-state index in [0.717, 1.165) is 49.9 Å². The summed E-state index contributed by atoms with van der Waals surface area (Å²) in [5.74, 6) is 0.374. The molecule has 2 bridgehead atoms. The number of hydrogen-bond acceptors (Lipinski definition) is 8. The number of nitrogens with zero attached hydrogens (tertiary/aromatic N) is 2. The van der Waals surface area contributed by atoms with Gasteiger partial charge < -0.3 is 14.7 Å². The molecule has 234 valence electrons. The third-order valence-electron chi connectivity index (χ3n) is 9.16. The lowest BCUT2D eigenvalue weighted by atomic mass is 9.70. The third-order valence-corrected chi connectivity index (χ3v) is 11.9. The van der Waals surface area contributed by atoms with Gasteiger partial charge in [-0.1, -0.05) is 29.8 Å². The number of carbonyl (C=O) groups excluding carboxylic acids is 1. The number of aliphatic hydroxyl groups is 1. The maximum atomic E-state index is 13.6. The highest BCUT2D eigenvalue weighted by atomic mass is 35.5. The number of thiazole rings is 1. The number of halogens is 1. The van der Waals surface area contributed by atoms with E-state index in [4.69, 9.17) is 16.3 Å². The van der Waals surface area contributed by atoms with Crippen LogP contribution in [-0.2, 0) is 29.5 Å². The number of fused-ring (bicyclic) bond motifs is 3. The number of aliphatic hydroxyl groups excluding tert-OH is 1. The second kappa shape index (κ2) is 13.6. The lowest BCUT2D eigenvalue weighted by Gasteiger charge is -2.42. The Morgan fingerprint density at radius 1 is 1.11 bits per heavy atom. The summed E-state index contributed by atoms with van der Waals surface area (Å²) in [5, 5.41) is 13.5. The Kier molecular flexibility index (Phi) is 9.61. The summed E-state index contributed by atoms with van der Waals surface area (Å²) in [5.41, 5.74) is 3.25. The average Bonchev–Trinajstić information content (AvgIpc) is 3.49. The SMILES string of the molecule is O=C1NS(=O)(=O)[C@H](Cc2nccs2)CC/C=C\[C@H](O)[C@@H]2CC[C@H]2CN2CCCCc3cc(Cl)ccc3COc3ccc1cc32. The van der Waals surface area contributed by atoms with E-state index in [9.17, 15) is 18.3 Å². The van der Waals surface area contributed by atoms with Crippen molar-refractivity contribution in [3.05, 3.63) is 86.8 Å². The second-order valence-corrected chi connectivity index (χ2v) is 15.4. The highest BCUT2D eigenvalue weighted by Gasteiger charge is 2.37. The molecule has 3 heterocycles. The molecule has 4 atom stereocenters. The molecule has 1 aliphatic carbocycles. The van der Waals surface area contributed by atoms with E-state index in [-0.39, 0.29) is 23.8 Å². The molecule has 0 radical (unpaired) electrons. The largest absolute Gasteiger partial charge is 0.487 e. The number of aryl methyl sites for hydroxylation is 1. The first-order chi connectivity index (χ1) is 21.3. The van der Waals surface area contributed by atoms with Crippen LogP contribution in [0.4, 0.5) is 5.69 Å². The Bertz CT molecular complexity index is 1610. The molecule has 2 aliphatic heterocycles. The smallest absolute Gasteiger partial charge is 0.264 e. The number of allylic oxidation sites excluding steroid dienone is 1. The van der Waals surface area contributed by atoms with Gasteiger partial charge in [0.2, 0.25) is 10.0 Å². The van der Waals surface area contributed by atoms with Crippen LogP contribution in [0.5, 0.6) is 5.75 Å². The first-order valence-electron chi connectivity index (χ1n) is 15.3. The Morgan fingerprint density at radius 2 is 2.00 bits per heavy atom. The average molecular weight is 656 g/mol. The molecule has 2 aromatic carbocycles. The van der Waals surface area contributed by atoms with Crippen molar-refractivity contribution in [2.75, 3.05) is 18.0 Å². The summed E-state index contributed by atoms with van der Waals surface area (Å²) in [4.78, 5) is 20.1. The highest BCUT2D eigenvalue weighted by molar-refractivity contribution is 7.90. The third kappa shape index (κ3) is 7.14. The van der Waals surface area contributed by atoms with E-state index in [0.29, 0.717) is 41.8 Å². The predicted molar refractivity (Wildman–Crippen MR) is 174 cm³/mol. The molecule has 0 spiro atoms. The molecule has 1 amide bonds. The molecule has 2 N–H and O–H groups in total. The van der Waals surface area contributed by atoms with Crippen LogP contribution in [0.15, 0.2) is 60.1 Å². The zero-order chi connectivity index (χ0) is 30.7. The fourth-order valence-corrected chi connectivity index (χ4v) is 8.85. The number of carbonyl (C=O) groups is 1. The molecule has 3 aromatic rings. The molecule has 1 fully saturated rings. The molecular weight excluding hydrogens is 618 g/mol. The maximum Gasteiger partial charge on any atom is 0.264 e. The van der Waals surface area contributed by atoms with Crippen molar-refractivity contribution in [1.29, 1.82) is 0 Å². The fraction of sp³-hybridized carbons (Fsp3) is 0.455. The van der Waals surface area contributed by atoms with Crippen LogP contribution in [0.2, 0.25) is 5.02 Å². The van der Waals surface area contributed by atoms with Gasteiger partial charge in [-0.25, -0.2) is 18.1 Å². The van der Waals surface area contributed by atoms with Crippen molar-refractivity contribution >= 4 is 44.6 Å². The van der Waals surface area contributed by atoms with Crippen molar-refractivity contribution in [2.45, 2.75) is 69.3 Å². The number of sulfonamides is 1. The van der Waals surface area contributed by atoms with Crippen LogP contribution in [-0.4, -0.2) is 48.9 Å². The molecule has 11 heteroatoms. The predicted octanol–water partition coefficient (Wildman–Crippen LogP) is 5.93. The Labute approximate surface area is 268 Å². The normalized spacial score (nSPS) is 26.5. The first-order valence-corrected chi connectivity index (χ1v) is 18.2. The number of amides is 1. The van der Waals surface area contributed by atoms with Gasteiger partial charge in [0, 0.05) is 41.7 Å². The van der Waals surface area contributed by atoms with Gasteiger partial charge >= 0.3 is 0 Å². The van der Waals surface area contributed by atoms with E-state index in [1.54, 1.807) is 24.4 Å². The molecule has 6 rings (SSSR count). The van der Waals surface area contributed by atoms with E-state index >= 15 is 0 Å². The standard InChI is InChI=1S/C33H38ClN3O5S2/c34-26-11-8-25-21-42-31-13-10-23-18-29(31)37(15-4-3-5-22(25)17-26)20-24-9-12-28(24)30(38)7-2-1-6-27(19-32-35-14-16-43-32)44(40,41)36-33(23)39/h2,7-8,10-11,13-14,16-18,24,27-28,30,38H,1,3-6,9,12,15,19-21H2,(H,36,39)/b7-2-/t24-,27-,28+,30-/m0/s1. The molecule has 3 aliphatic rings. The minimum atomic E-state index is -4.03. The van der Waals surface area contributed by atoms with E-state index in [1.807, 2.05) is 35.7 Å². The lowest BCUT2D eigenvalue weighted by Crippen LogP contribution is -2.43. The Morgan fingerprint density at radius 3 is 2.80 bits per heavy atom.